The lowest BCUT2D eigenvalue weighted by Gasteiger charge is -2.01. The van der Waals surface area contributed by atoms with Crippen LogP contribution < -0.4 is 5.32 Å². The predicted molar refractivity (Wildman–Crippen MR) is 61.5 cm³/mol. The van der Waals surface area contributed by atoms with Gasteiger partial charge in [-0.05, 0) is 20.9 Å². The maximum Gasteiger partial charge on any atom is 0.210 e. The first-order valence-electron chi connectivity index (χ1n) is 4.83. The van der Waals surface area contributed by atoms with E-state index in [1.54, 1.807) is 17.5 Å². The topological polar surface area (TPSA) is 42.7 Å². The molecule has 0 spiro atoms. The fourth-order valence-electron chi connectivity index (χ4n) is 1.61. The first-order valence-corrected chi connectivity index (χ1v) is 5.71. The summed E-state index contributed by atoms with van der Waals surface area (Å²) < 4.78 is 1.91. The highest BCUT2D eigenvalue weighted by Crippen LogP contribution is 2.18. The molecular formula is C10H14N4S. The van der Waals surface area contributed by atoms with Gasteiger partial charge in [0.05, 0.1) is 5.69 Å². The van der Waals surface area contributed by atoms with Gasteiger partial charge in [-0.25, -0.2) is 9.67 Å². The summed E-state index contributed by atoms with van der Waals surface area (Å²) in [7, 11) is 1.94. The molecule has 5 heteroatoms. The molecule has 0 unspecified atom stereocenters. The van der Waals surface area contributed by atoms with E-state index < -0.39 is 0 Å². The molecule has 2 aromatic rings. The van der Waals surface area contributed by atoms with Gasteiger partial charge in [-0.2, -0.15) is 5.10 Å². The lowest BCUT2D eigenvalue weighted by Crippen LogP contribution is -2.07. The zero-order chi connectivity index (χ0) is 10.8. The molecule has 0 saturated heterocycles. The molecule has 0 radical (unpaired) electrons. The Balaban J connectivity index is 2.46. The fraction of sp³-hybridized carbons (Fsp3) is 0.400. The number of hydrogen-bond acceptors (Lipinski definition) is 4. The van der Waals surface area contributed by atoms with Crippen molar-refractivity contribution < 1.29 is 0 Å². The molecule has 2 heterocycles. The Morgan fingerprint density at radius 3 is 2.87 bits per heavy atom. The molecule has 0 saturated carbocycles. The molecule has 2 aromatic heterocycles. The summed E-state index contributed by atoms with van der Waals surface area (Å²) in [6.45, 7) is 4.96. The number of aromatic nitrogens is 3. The van der Waals surface area contributed by atoms with Crippen molar-refractivity contribution in [3.63, 3.8) is 0 Å². The van der Waals surface area contributed by atoms with Gasteiger partial charge < -0.3 is 5.32 Å². The third-order valence-corrected chi connectivity index (χ3v) is 3.14. The summed E-state index contributed by atoms with van der Waals surface area (Å²) in [5, 5.41) is 10.5. The minimum atomic E-state index is 0.850. The van der Waals surface area contributed by atoms with Crippen molar-refractivity contribution >= 4 is 11.3 Å². The Kier molecular flexibility index (Phi) is 2.83. The summed E-state index contributed by atoms with van der Waals surface area (Å²) >= 11 is 1.60. The number of hydrogen-bond donors (Lipinski definition) is 1. The predicted octanol–water partition coefficient (Wildman–Crippen LogP) is 1.67. The van der Waals surface area contributed by atoms with Gasteiger partial charge in [-0.1, -0.05) is 0 Å². The largest absolute Gasteiger partial charge is 0.316 e. The van der Waals surface area contributed by atoms with Crippen LogP contribution in [0.1, 0.15) is 17.0 Å². The summed E-state index contributed by atoms with van der Waals surface area (Å²) in [5.74, 6) is 0. The van der Waals surface area contributed by atoms with Crippen LogP contribution in [0.15, 0.2) is 11.6 Å². The van der Waals surface area contributed by atoms with E-state index in [2.05, 4.69) is 22.3 Å². The van der Waals surface area contributed by atoms with E-state index in [1.165, 1.54) is 5.56 Å². The monoisotopic (exact) mass is 222 g/mol. The molecule has 0 amide bonds. The number of thiazole rings is 1. The van der Waals surface area contributed by atoms with Gasteiger partial charge in [0.2, 0.25) is 5.13 Å². The average Bonchev–Trinajstić information content (AvgIpc) is 2.81. The third-order valence-electron chi connectivity index (χ3n) is 2.40. The highest BCUT2D eigenvalue weighted by Gasteiger charge is 2.12. The summed E-state index contributed by atoms with van der Waals surface area (Å²) in [6, 6.07) is 0. The van der Waals surface area contributed by atoms with Crippen molar-refractivity contribution in [3.05, 3.63) is 28.5 Å². The van der Waals surface area contributed by atoms with E-state index >= 15 is 0 Å². The maximum absolute atomic E-state index is 4.50. The van der Waals surface area contributed by atoms with Gasteiger partial charge in [0.25, 0.3) is 0 Å². The minimum Gasteiger partial charge on any atom is -0.316 e. The number of aryl methyl sites for hydroxylation is 1. The molecule has 0 bridgehead atoms. The van der Waals surface area contributed by atoms with E-state index in [0.717, 1.165) is 23.1 Å². The lowest BCUT2D eigenvalue weighted by molar-refractivity contribution is 0.799. The zero-order valence-electron chi connectivity index (χ0n) is 9.11. The molecule has 0 fully saturated rings. The Labute approximate surface area is 93.0 Å². The first-order chi connectivity index (χ1) is 7.24. The van der Waals surface area contributed by atoms with Gasteiger partial charge in [-0.15, -0.1) is 11.3 Å². The van der Waals surface area contributed by atoms with Crippen molar-refractivity contribution in [2.75, 3.05) is 7.05 Å². The summed E-state index contributed by atoms with van der Waals surface area (Å²) in [6.07, 6.45) is 1.80. The molecule has 0 aromatic carbocycles. The van der Waals surface area contributed by atoms with Crippen LogP contribution >= 0.6 is 11.3 Å². The quantitative estimate of drug-likeness (QED) is 0.859. The van der Waals surface area contributed by atoms with Gasteiger partial charge in [0, 0.05) is 29.4 Å². The SMILES string of the molecule is CNCc1c(C)nn(-c2nccs2)c1C. The molecule has 0 atom stereocenters. The minimum absolute atomic E-state index is 0.850. The smallest absolute Gasteiger partial charge is 0.210 e. The molecule has 80 valence electrons. The van der Waals surface area contributed by atoms with Gasteiger partial charge >= 0.3 is 0 Å². The van der Waals surface area contributed by atoms with Gasteiger partial charge in [0.15, 0.2) is 0 Å². The Bertz CT molecular complexity index is 444. The van der Waals surface area contributed by atoms with Crippen LogP contribution in [0.2, 0.25) is 0 Å². The molecule has 0 aliphatic carbocycles. The van der Waals surface area contributed by atoms with E-state index in [-0.39, 0.29) is 0 Å². The molecule has 15 heavy (non-hydrogen) atoms. The second-order valence-electron chi connectivity index (χ2n) is 3.41. The molecule has 0 aliphatic heterocycles. The zero-order valence-corrected chi connectivity index (χ0v) is 9.93. The van der Waals surface area contributed by atoms with Crippen molar-refractivity contribution in [1.82, 2.24) is 20.1 Å². The van der Waals surface area contributed by atoms with Crippen LogP contribution in [0, 0.1) is 13.8 Å². The van der Waals surface area contributed by atoms with Crippen molar-refractivity contribution in [2.24, 2.45) is 0 Å². The molecule has 2 rings (SSSR count). The molecule has 4 nitrogen and oxygen atoms in total. The Hall–Kier alpha value is -1.20. The van der Waals surface area contributed by atoms with Crippen LogP contribution in [0.3, 0.4) is 0 Å². The number of nitrogens with zero attached hydrogens (tertiary/aromatic N) is 3. The lowest BCUT2D eigenvalue weighted by atomic mass is 10.2. The van der Waals surface area contributed by atoms with Crippen molar-refractivity contribution in [1.29, 1.82) is 0 Å². The van der Waals surface area contributed by atoms with Crippen LogP contribution in [0.25, 0.3) is 5.13 Å². The first kappa shape index (κ1) is 10.3. The van der Waals surface area contributed by atoms with Crippen LogP contribution in [-0.4, -0.2) is 21.8 Å². The molecule has 0 aliphatic rings. The highest BCUT2D eigenvalue weighted by atomic mass is 32.1. The van der Waals surface area contributed by atoms with Crippen molar-refractivity contribution in [3.8, 4) is 5.13 Å². The fourth-order valence-corrected chi connectivity index (χ4v) is 2.26. The second kappa shape index (κ2) is 4.12. The van der Waals surface area contributed by atoms with Gasteiger partial charge in [-0.3, -0.25) is 0 Å². The van der Waals surface area contributed by atoms with Crippen LogP contribution in [0.5, 0.6) is 0 Å². The molecular weight excluding hydrogens is 208 g/mol. The van der Waals surface area contributed by atoms with Crippen LogP contribution in [-0.2, 0) is 6.54 Å². The summed E-state index contributed by atoms with van der Waals surface area (Å²) in [4.78, 5) is 4.26. The van der Waals surface area contributed by atoms with Crippen molar-refractivity contribution in [2.45, 2.75) is 20.4 Å². The Morgan fingerprint density at radius 1 is 1.47 bits per heavy atom. The van der Waals surface area contributed by atoms with E-state index in [1.807, 2.05) is 24.0 Å². The highest BCUT2D eigenvalue weighted by molar-refractivity contribution is 7.12. The van der Waals surface area contributed by atoms with E-state index in [4.69, 9.17) is 0 Å². The summed E-state index contributed by atoms with van der Waals surface area (Å²) in [5.41, 5.74) is 3.49. The second-order valence-corrected chi connectivity index (χ2v) is 4.28. The normalized spacial score (nSPS) is 10.9. The van der Waals surface area contributed by atoms with E-state index in [9.17, 15) is 0 Å². The molecule has 1 N–H and O–H groups in total. The maximum atomic E-state index is 4.50. The average molecular weight is 222 g/mol. The van der Waals surface area contributed by atoms with E-state index in [0.29, 0.717) is 0 Å². The Morgan fingerprint density at radius 2 is 2.27 bits per heavy atom. The number of rotatable bonds is 3. The standard InChI is InChI=1S/C10H14N4S/c1-7-9(6-11-3)8(2)14(13-7)10-12-4-5-15-10/h4-5,11H,6H2,1-3H3. The number of nitrogens with one attached hydrogen (secondary N) is 1. The third kappa shape index (κ3) is 1.80. The van der Waals surface area contributed by atoms with Gasteiger partial charge in [0.1, 0.15) is 0 Å². The van der Waals surface area contributed by atoms with Crippen LogP contribution in [0.4, 0.5) is 0 Å².